The lowest BCUT2D eigenvalue weighted by Crippen LogP contribution is -2.14. The van der Waals surface area contributed by atoms with Gasteiger partial charge >= 0.3 is 0 Å². The highest BCUT2D eigenvalue weighted by Gasteiger charge is 2.07. The lowest BCUT2D eigenvalue weighted by atomic mass is 10.2. The van der Waals surface area contributed by atoms with Crippen LogP contribution in [0.5, 0.6) is 0 Å². The summed E-state index contributed by atoms with van der Waals surface area (Å²) in [5.74, 6) is 0. The van der Waals surface area contributed by atoms with Crippen LogP contribution in [0.1, 0.15) is 48.9 Å². The maximum atomic E-state index is 4.65. The first-order chi connectivity index (χ1) is 9.24. The van der Waals surface area contributed by atoms with Gasteiger partial charge in [-0.15, -0.1) is 11.3 Å². The largest absolute Gasteiger partial charge is 0.306 e. The predicted molar refractivity (Wildman–Crippen MR) is 81.4 cm³/mol. The maximum absolute atomic E-state index is 4.65. The molecule has 0 saturated heterocycles. The zero-order valence-electron chi connectivity index (χ0n) is 12.0. The van der Waals surface area contributed by atoms with Gasteiger partial charge in [-0.25, -0.2) is 0 Å². The van der Waals surface area contributed by atoms with Crippen molar-refractivity contribution in [1.82, 2.24) is 15.1 Å². The Morgan fingerprint density at radius 3 is 2.68 bits per heavy atom. The molecule has 0 unspecified atom stereocenters. The quantitative estimate of drug-likeness (QED) is 0.831. The van der Waals surface area contributed by atoms with Gasteiger partial charge in [0.1, 0.15) is 0 Å². The Kier molecular flexibility index (Phi) is 5.16. The van der Waals surface area contributed by atoms with E-state index in [1.807, 2.05) is 11.3 Å². The normalized spacial score (nSPS) is 11.4. The van der Waals surface area contributed by atoms with Crippen LogP contribution in [0.25, 0.3) is 0 Å². The van der Waals surface area contributed by atoms with E-state index in [1.165, 1.54) is 10.4 Å². The Morgan fingerprint density at radius 1 is 1.26 bits per heavy atom. The molecule has 0 saturated carbocycles. The Hall–Kier alpha value is -1.13. The lowest BCUT2D eigenvalue weighted by Gasteiger charge is -2.12. The minimum atomic E-state index is 0.535. The van der Waals surface area contributed by atoms with Gasteiger partial charge in [0.25, 0.3) is 0 Å². The van der Waals surface area contributed by atoms with Crippen LogP contribution in [0.4, 0.5) is 0 Å². The van der Waals surface area contributed by atoms with Crippen molar-refractivity contribution in [2.45, 2.75) is 52.7 Å². The van der Waals surface area contributed by atoms with Crippen LogP contribution in [-0.2, 0) is 13.1 Å². The van der Waals surface area contributed by atoms with Gasteiger partial charge in [0.15, 0.2) is 0 Å². The molecule has 0 aromatic carbocycles. The van der Waals surface area contributed by atoms with Gasteiger partial charge < -0.3 is 5.32 Å². The van der Waals surface area contributed by atoms with Gasteiger partial charge in [0, 0.05) is 24.2 Å². The number of nitrogens with one attached hydrogen (secondary N) is 1. The molecule has 104 valence electrons. The Bertz CT molecular complexity index is 497. The summed E-state index contributed by atoms with van der Waals surface area (Å²) in [5, 5.41) is 10.3. The molecule has 1 N–H and O–H groups in total. The molecule has 4 heteroatoms. The average molecular weight is 277 g/mol. The third-order valence-electron chi connectivity index (χ3n) is 3.54. The number of aryl methyl sites for hydroxylation is 1. The lowest BCUT2D eigenvalue weighted by molar-refractivity contribution is 0.424. The number of thiophene rings is 1. The number of hydrogen-bond donors (Lipinski definition) is 1. The second kappa shape index (κ2) is 6.87. The molecule has 2 aromatic rings. The summed E-state index contributed by atoms with van der Waals surface area (Å²) >= 11 is 1.81. The highest BCUT2D eigenvalue weighted by molar-refractivity contribution is 7.10. The molecule has 3 nitrogen and oxygen atoms in total. The highest BCUT2D eigenvalue weighted by Crippen LogP contribution is 2.16. The highest BCUT2D eigenvalue weighted by atomic mass is 32.1. The molecule has 0 aliphatic carbocycles. The molecule has 0 radical (unpaired) electrons. The van der Waals surface area contributed by atoms with Crippen LogP contribution in [0.3, 0.4) is 0 Å². The molecule has 0 aliphatic rings. The summed E-state index contributed by atoms with van der Waals surface area (Å²) < 4.78 is 2.10. The Morgan fingerprint density at radius 2 is 2.05 bits per heavy atom. The molecule has 0 spiro atoms. The minimum Gasteiger partial charge on any atom is -0.306 e. The maximum Gasteiger partial charge on any atom is 0.0762 e. The van der Waals surface area contributed by atoms with Crippen molar-refractivity contribution in [2.24, 2.45) is 0 Å². The van der Waals surface area contributed by atoms with E-state index >= 15 is 0 Å². The van der Waals surface area contributed by atoms with E-state index in [2.05, 4.69) is 59.6 Å². The first-order valence-corrected chi connectivity index (χ1v) is 7.90. The molecule has 2 heterocycles. The van der Waals surface area contributed by atoms with Crippen molar-refractivity contribution in [3.05, 3.63) is 39.8 Å². The fourth-order valence-corrected chi connectivity index (χ4v) is 3.10. The summed E-state index contributed by atoms with van der Waals surface area (Å²) in [6, 6.07) is 4.82. The molecule has 0 amide bonds. The zero-order valence-corrected chi connectivity index (χ0v) is 12.8. The number of aromatic nitrogens is 2. The monoisotopic (exact) mass is 277 g/mol. The van der Waals surface area contributed by atoms with Crippen molar-refractivity contribution in [3.8, 4) is 0 Å². The van der Waals surface area contributed by atoms with Crippen LogP contribution < -0.4 is 5.32 Å². The van der Waals surface area contributed by atoms with Gasteiger partial charge in [-0.2, -0.15) is 5.10 Å². The third kappa shape index (κ3) is 3.67. The zero-order chi connectivity index (χ0) is 13.7. The molecule has 0 bridgehead atoms. The molecule has 2 rings (SSSR count). The van der Waals surface area contributed by atoms with E-state index in [-0.39, 0.29) is 0 Å². The first-order valence-electron chi connectivity index (χ1n) is 7.02. The molecule has 2 aromatic heterocycles. The van der Waals surface area contributed by atoms with E-state index in [0.29, 0.717) is 6.04 Å². The molecule has 0 fully saturated rings. The van der Waals surface area contributed by atoms with E-state index in [0.717, 1.165) is 31.6 Å². The second-order valence-corrected chi connectivity index (χ2v) is 5.89. The number of nitrogens with zero attached hydrogens (tertiary/aromatic N) is 2. The van der Waals surface area contributed by atoms with Crippen LogP contribution >= 0.6 is 11.3 Å². The number of rotatable bonds is 7. The molecule has 19 heavy (non-hydrogen) atoms. The second-order valence-electron chi connectivity index (χ2n) is 4.89. The molecule has 0 atom stereocenters. The van der Waals surface area contributed by atoms with Crippen molar-refractivity contribution in [1.29, 1.82) is 0 Å². The minimum absolute atomic E-state index is 0.535. The van der Waals surface area contributed by atoms with E-state index < -0.39 is 0 Å². The standard InChI is InChI=1S/C15H23N3S/c1-4-14(5-2)18-8-6-13(17-18)10-16-11-15-12(3)7-9-19-15/h6-9,14,16H,4-5,10-11H2,1-3H3. The molecular weight excluding hydrogens is 254 g/mol. The van der Waals surface area contributed by atoms with Gasteiger partial charge in [-0.1, -0.05) is 13.8 Å². The number of hydrogen-bond acceptors (Lipinski definition) is 3. The summed E-state index contributed by atoms with van der Waals surface area (Å²) in [4.78, 5) is 1.42. The smallest absolute Gasteiger partial charge is 0.0762 e. The van der Waals surface area contributed by atoms with Gasteiger partial charge in [0.05, 0.1) is 11.7 Å². The fraction of sp³-hybridized carbons (Fsp3) is 0.533. The summed E-state index contributed by atoms with van der Waals surface area (Å²) in [7, 11) is 0. The Labute approximate surface area is 119 Å². The summed E-state index contributed by atoms with van der Waals surface area (Å²) in [6.07, 6.45) is 4.38. The van der Waals surface area contributed by atoms with E-state index in [9.17, 15) is 0 Å². The van der Waals surface area contributed by atoms with E-state index in [4.69, 9.17) is 0 Å². The van der Waals surface area contributed by atoms with Gasteiger partial charge in [-0.3, -0.25) is 4.68 Å². The fourth-order valence-electron chi connectivity index (χ4n) is 2.23. The van der Waals surface area contributed by atoms with Gasteiger partial charge in [-0.05, 0) is 42.8 Å². The SMILES string of the molecule is CCC(CC)n1ccc(CNCc2sccc2C)n1. The average Bonchev–Trinajstić information content (AvgIpc) is 3.02. The van der Waals surface area contributed by atoms with E-state index in [1.54, 1.807) is 0 Å². The van der Waals surface area contributed by atoms with Crippen molar-refractivity contribution in [3.63, 3.8) is 0 Å². The topological polar surface area (TPSA) is 29.9 Å². The third-order valence-corrected chi connectivity index (χ3v) is 4.56. The molecular formula is C15H23N3S. The van der Waals surface area contributed by atoms with Crippen LogP contribution in [-0.4, -0.2) is 9.78 Å². The van der Waals surface area contributed by atoms with Crippen LogP contribution in [0.15, 0.2) is 23.7 Å². The van der Waals surface area contributed by atoms with Crippen molar-refractivity contribution >= 4 is 11.3 Å². The molecule has 0 aliphatic heterocycles. The van der Waals surface area contributed by atoms with Crippen LogP contribution in [0, 0.1) is 6.92 Å². The summed E-state index contributed by atoms with van der Waals surface area (Å²) in [5.41, 5.74) is 2.50. The first kappa shape index (κ1) is 14.3. The van der Waals surface area contributed by atoms with Crippen molar-refractivity contribution < 1.29 is 0 Å². The summed E-state index contributed by atoms with van der Waals surface area (Å²) in [6.45, 7) is 8.36. The Balaban J connectivity index is 1.85. The van der Waals surface area contributed by atoms with Crippen molar-refractivity contribution in [2.75, 3.05) is 0 Å². The van der Waals surface area contributed by atoms with Gasteiger partial charge in [0.2, 0.25) is 0 Å². The predicted octanol–water partition coefficient (Wildman–Crippen LogP) is 3.90. The van der Waals surface area contributed by atoms with Crippen LogP contribution in [0.2, 0.25) is 0 Å².